The van der Waals surface area contributed by atoms with Gasteiger partial charge in [-0.25, -0.2) is 0 Å². The first kappa shape index (κ1) is 14.2. The molecule has 1 aromatic heterocycles. The summed E-state index contributed by atoms with van der Waals surface area (Å²) in [6.45, 7) is 5.37. The van der Waals surface area contributed by atoms with Gasteiger partial charge in [-0.15, -0.1) is 0 Å². The molecule has 1 aliphatic heterocycles. The van der Waals surface area contributed by atoms with Crippen molar-refractivity contribution in [2.24, 2.45) is 0 Å². The third-order valence-corrected chi connectivity index (χ3v) is 4.21. The molecule has 1 fully saturated rings. The molecule has 0 saturated carbocycles. The number of hydrogen-bond acceptors (Lipinski definition) is 5. The lowest BCUT2D eigenvalue weighted by Crippen LogP contribution is -2.37. The number of carbonyl (C=O) groups is 1. The number of nitriles is 1. The van der Waals surface area contributed by atoms with E-state index >= 15 is 0 Å². The third kappa shape index (κ3) is 2.99. The van der Waals surface area contributed by atoms with E-state index in [9.17, 15) is 4.79 Å². The Labute approximate surface area is 124 Å². The van der Waals surface area contributed by atoms with Gasteiger partial charge < -0.3 is 4.74 Å². The van der Waals surface area contributed by atoms with E-state index in [1.54, 1.807) is 0 Å². The highest BCUT2D eigenvalue weighted by Gasteiger charge is 2.26. The van der Waals surface area contributed by atoms with E-state index in [-0.39, 0.29) is 5.78 Å². The number of Topliss-reactive ketones (excluding diaryl/α,β-unsaturated/α-hetero) is 1. The van der Waals surface area contributed by atoms with Crippen molar-refractivity contribution >= 4 is 5.78 Å². The summed E-state index contributed by atoms with van der Waals surface area (Å²) in [4.78, 5) is 14.4. The Bertz CT molecular complexity index is 567. The molecule has 1 saturated heterocycles. The van der Waals surface area contributed by atoms with Crippen LogP contribution >= 0.6 is 0 Å². The molecule has 0 amide bonds. The second kappa shape index (κ2) is 6.37. The summed E-state index contributed by atoms with van der Waals surface area (Å²) in [6.07, 6.45) is 3.24. The highest BCUT2D eigenvalue weighted by Crippen LogP contribution is 2.24. The fraction of sp³-hybridized carbons (Fsp3) is 0.667. The zero-order chi connectivity index (χ0) is 14.7. The van der Waals surface area contributed by atoms with Gasteiger partial charge in [-0.1, -0.05) is 0 Å². The van der Waals surface area contributed by atoms with Crippen LogP contribution < -0.4 is 0 Å². The number of aryl methyl sites for hydroxylation is 1. The van der Waals surface area contributed by atoms with E-state index in [0.717, 1.165) is 64.3 Å². The summed E-state index contributed by atoms with van der Waals surface area (Å²) in [7, 11) is 0. The molecule has 3 rings (SSSR count). The molecular formula is C15H20N4O2. The molecule has 1 aliphatic carbocycles. The van der Waals surface area contributed by atoms with Gasteiger partial charge in [0.05, 0.1) is 24.5 Å². The van der Waals surface area contributed by atoms with Crippen molar-refractivity contribution in [2.45, 2.75) is 32.2 Å². The zero-order valence-electron chi connectivity index (χ0n) is 12.2. The van der Waals surface area contributed by atoms with Gasteiger partial charge in [-0.3, -0.25) is 14.4 Å². The second-order valence-electron chi connectivity index (χ2n) is 5.59. The Kier molecular flexibility index (Phi) is 4.32. The fourth-order valence-electron chi connectivity index (χ4n) is 3.12. The largest absolute Gasteiger partial charge is 0.379 e. The van der Waals surface area contributed by atoms with Crippen LogP contribution in [0.15, 0.2) is 0 Å². The standard InChI is InChI=1S/C15H20N4O2/c16-11-12-15-13(3-1-4-14(15)20)19(17-12)6-2-5-18-7-9-21-10-8-18/h1-10H2. The summed E-state index contributed by atoms with van der Waals surface area (Å²) in [5, 5.41) is 13.5. The SMILES string of the molecule is N#Cc1nn(CCCN2CCOCC2)c2c1C(=O)CCC2. The molecule has 0 radical (unpaired) electrons. The predicted molar refractivity (Wildman–Crippen MR) is 76.1 cm³/mol. The van der Waals surface area contributed by atoms with Gasteiger partial charge in [-0.2, -0.15) is 10.4 Å². The first-order valence-electron chi connectivity index (χ1n) is 7.62. The number of rotatable bonds is 4. The van der Waals surface area contributed by atoms with Crippen LogP contribution in [0.5, 0.6) is 0 Å². The number of ether oxygens (including phenoxy) is 1. The van der Waals surface area contributed by atoms with Crippen LogP contribution in [-0.2, 0) is 17.7 Å². The monoisotopic (exact) mass is 288 g/mol. The lowest BCUT2D eigenvalue weighted by Gasteiger charge is -2.26. The van der Waals surface area contributed by atoms with Crippen molar-refractivity contribution in [2.75, 3.05) is 32.8 Å². The van der Waals surface area contributed by atoms with Crippen LogP contribution in [0.3, 0.4) is 0 Å². The van der Waals surface area contributed by atoms with Crippen LogP contribution in [-0.4, -0.2) is 53.3 Å². The van der Waals surface area contributed by atoms with E-state index in [2.05, 4.69) is 16.1 Å². The number of ketones is 1. The fourth-order valence-corrected chi connectivity index (χ4v) is 3.12. The maximum absolute atomic E-state index is 12.0. The predicted octanol–water partition coefficient (Wildman–Crippen LogP) is 0.996. The van der Waals surface area contributed by atoms with Crippen LogP contribution in [0, 0.1) is 11.3 Å². The first-order chi connectivity index (χ1) is 10.3. The molecule has 0 spiro atoms. The van der Waals surface area contributed by atoms with Gasteiger partial charge in [0.1, 0.15) is 6.07 Å². The quantitative estimate of drug-likeness (QED) is 0.826. The molecule has 0 atom stereocenters. The van der Waals surface area contributed by atoms with Crippen LogP contribution in [0.1, 0.15) is 41.0 Å². The minimum Gasteiger partial charge on any atom is -0.379 e. The number of fused-ring (bicyclic) bond motifs is 1. The van der Waals surface area contributed by atoms with Gasteiger partial charge in [0, 0.05) is 32.6 Å². The summed E-state index contributed by atoms with van der Waals surface area (Å²) < 4.78 is 7.22. The molecule has 6 nitrogen and oxygen atoms in total. The smallest absolute Gasteiger partial charge is 0.173 e. The van der Waals surface area contributed by atoms with Crippen molar-refractivity contribution in [1.29, 1.82) is 5.26 Å². The molecule has 6 heteroatoms. The zero-order valence-corrected chi connectivity index (χ0v) is 12.2. The molecule has 0 N–H and O–H groups in total. The first-order valence-corrected chi connectivity index (χ1v) is 7.62. The van der Waals surface area contributed by atoms with E-state index in [4.69, 9.17) is 10.00 Å². The van der Waals surface area contributed by atoms with E-state index in [0.29, 0.717) is 17.7 Å². The summed E-state index contributed by atoms with van der Waals surface area (Å²) in [5.74, 6) is 0.0761. The molecule has 21 heavy (non-hydrogen) atoms. The Hall–Kier alpha value is -1.71. The number of nitrogens with zero attached hydrogens (tertiary/aromatic N) is 4. The van der Waals surface area contributed by atoms with Crippen molar-refractivity contribution in [3.63, 3.8) is 0 Å². The average Bonchev–Trinajstić information content (AvgIpc) is 2.88. The summed E-state index contributed by atoms with van der Waals surface area (Å²) in [5.41, 5.74) is 1.85. The minimum atomic E-state index is 0.0761. The van der Waals surface area contributed by atoms with E-state index in [1.807, 2.05) is 4.68 Å². The molecule has 0 bridgehead atoms. The second-order valence-corrected chi connectivity index (χ2v) is 5.59. The summed E-state index contributed by atoms with van der Waals surface area (Å²) in [6, 6.07) is 2.07. The number of hydrogen-bond donors (Lipinski definition) is 0. The van der Waals surface area contributed by atoms with Crippen molar-refractivity contribution in [3.8, 4) is 6.07 Å². The molecule has 0 unspecified atom stereocenters. The minimum absolute atomic E-state index is 0.0761. The van der Waals surface area contributed by atoms with E-state index < -0.39 is 0 Å². The molecular weight excluding hydrogens is 268 g/mol. The highest BCUT2D eigenvalue weighted by atomic mass is 16.5. The molecule has 2 heterocycles. The van der Waals surface area contributed by atoms with Crippen molar-refractivity contribution < 1.29 is 9.53 Å². The van der Waals surface area contributed by atoms with Crippen LogP contribution in [0.25, 0.3) is 0 Å². The Morgan fingerprint density at radius 1 is 1.24 bits per heavy atom. The van der Waals surface area contributed by atoms with Gasteiger partial charge in [0.15, 0.2) is 11.5 Å². The third-order valence-electron chi connectivity index (χ3n) is 4.21. The summed E-state index contributed by atoms with van der Waals surface area (Å²) >= 11 is 0. The van der Waals surface area contributed by atoms with Gasteiger partial charge in [-0.05, 0) is 19.3 Å². The average molecular weight is 288 g/mol. The Morgan fingerprint density at radius 3 is 2.81 bits per heavy atom. The molecule has 112 valence electrons. The maximum atomic E-state index is 12.0. The van der Waals surface area contributed by atoms with Gasteiger partial charge in [0.25, 0.3) is 0 Å². The normalized spacial score (nSPS) is 19.3. The number of aromatic nitrogens is 2. The van der Waals surface area contributed by atoms with E-state index in [1.165, 1.54) is 0 Å². The Balaban J connectivity index is 1.65. The highest BCUT2D eigenvalue weighted by molar-refractivity contribution is 5.99. The lowest BCUT2D eigenvalue weighted by molar-refractivity contribution is 0.0368. The molecule has 2 aliphatic rings. The van der Waals surface area contributed by atoms with Crippen molar-refractivity contribution in [1.82, 2.24) is 14.7 Å². The number of morpholine rings is 1. The topological polar surface area (TPSA) is 71.2 Å². The van der Waals surface area contributed by atoms with Crippen molar-refractivity contribution in [3.05, 3.63) is 17.0 Å². The molecule has 0 aromatic carbocycles. The lowest BCUT2D eigenvalue weighted by atomic mass is 9.94. The molecule has 1 aromatic rings. The number of carbonyl (C=O) groups excluding carboxylic acids is 1. The van der Waals surface area contributed by atoms with Gasteiger partial charge in [0.2, 0.25) is 0 Å². The maximum Gasteiger partial charge on any atom is 0.173 e. The van der Waals surface area contributed by atoms with Crippen LogP contribution in [0.4, 0.5) is 0 Å². The van der Waals surface area contributed by atoms with Crippen LogP contribution in [0.2, 0.25) is 0 Å². The van der Waals surface area contributed by atoms with Gasteiger partial charge >= 0.3 is 0 Å². The Morgan fingerprint density at radius 2 is 2.05 bits per heavy atom.